The molecule has 20 heavy (non-hydrogen) atoms. The number of thiophene rings is 1. The Hall–Kier alpha value is -1.36. The number of hydrogen-bond acceptors (Lipinski definition) is 4. The molecule has 2 heterocycles. The van der Waals surface area contributed by atoms with Crippen molar-refractivity contribution >= 4 is 11.3 Å². The lowest BCUT2D eigenvalue weighted by atomic mass is 9.96. The van der Waals surface area contributed by atoms with Crippen LogP contribution in [-0.4, -0.2) is 6.61 Å². The minimum absolute atomic E-state index is 0.0120. The first-order valence-electron chi connectivity index (χ1n) is 7.12. The minimum Gasteiger partial charge on any atom is -0.493 e. The molecule has 1 aliphatic rings. The van der Waals surface area contributed by atoms with Crippen molar-refractivity contribution in [3.05, 3.63) is 51.2 Å². The Balaban J connectivity index is 2.06. The number of fused-ring (bicyclic) bond motifs is 1. The highest BCUT2D eigenvalue weighted by Gasteiger charge is 2.23. The molecule has 0 radical (unpaired) electrons. The molecule has 1 aliphatic heterocycles. The average Bonchev–Trinajstić information content (AvgIpc) is 2.97. The molecule has 0 aliphatic carbocycles. The van der Waals surface area contributed by atoms with Crippen LogP contribution in [0.5, 0.6) is 5.75 Å². The number of hydrazine groups is 1. The van der Waals surface area contributed by atoms with E-state index in [-0.39, 0.29) is 6.04 Å². The Kier molecular flexibility index (Phi) is 4.05. The Bertz CT molecular complexity index is 594. The second-order valence-electron chi connectivity index (χ2n) is 5.05. The number of rotatable bonds is 4. The molecule has 0 spiro atoms. The van der Waals surface area contributed by atoms with Crippen molar-refractivity contribution in [2.45, 2.75) is 32.2 Å². The molecule has 1 unspecified atom stereocenters. The molecule has 0 amide bonds. The van der Waals surface area contributed by atoms with E-state index in [2.05, 4.69) is 42.0 Å². The second-order valence-corrected chi connectivity index (χ2v) is 6.00. The fraction of sp³-hybridized carbons (Fsp3) is 0.375. The summed E-state index contributed by atoms with van der Waals surface area (Å²) in [5, 5.41) is 2.13. The third-order valence-electron chi connectivity index (χ3n) is 3.87. The molecule has 1 aromatic carbocycles. The van der Waals surface area contributed by atoms with Gasteiger partial charge in [-0.2, -0.15) is 0 Å². The zero-order chi connectivity index (χ0) is 13.9. The van der Waals surface area contributed by atoms with E-state index in [0.29, 0.717) is 0 Å². The van der Waals surface area contributed by atoms with E-state index in [4.69, 9.17) is 10.6 Å². The van der Waals surface area contributed by atoms with Gasteiger partial charge in [0.25, 0.3) is 0 Å². The first-order valence-corrected chi connectivity index (χ1v) is 8.00. The summed E-state index contributed by atoms with van der Waals surface area (Å²) in [6.07, 6.45) is 3.20. The van der Waals surface area contributed by atoms with Crippen molar-refractivity contribution < 1.29 is 4.74 Å². The van der Waals surface area contributed by atoms with E-state index in [9.17, 15) is 0 Å². The molecule has 0 saturated heterocycles. The molecule has 3 rings (SSSR count). The highest BCUT2D eigenvalue weighted by molar-refractivity contribution is 7.10. The van der Waals surface area contributed by atoms with Crippen LogP contribution in [0.2, 0.25) is 0 Å². The number of nitrogens with one attached hydrogen (secondary N) is 1. The Morgan fingerprint density at radius 1 is 1.40 bits per heavy atom. The van der Waals surface area contributed by atoms with Gasteiger partial charge in [0.05, 0.1) is 12.6 Å². The van der Waals surface area contributed by atoms with Crippen LogP contribution in [0, 0.1) is 0 Å². The summed E-state index contributed by atoms with van der Waals surface area (Å²) < 4.78 is 5.92. The molecule has 0 bridgehead atoms. The number of aryl methyl sites for hydroxylation is 2. The first-order chi connectivity index (χ1) is 9.85. The summed E-state index contributed by atoms with van der Waals surface area (Å²) in [6.45, 7) is 2.97. The summed E-state index contributed by atoms with van der Waals surface area (Å²) >= 11 is 1.75. The van der Waals surface area contributed by atoms with E-state index < -0.39 is 0 Å². The van der Waals surface area contributed by atoms with Crippen LogP contribution in [-0.2, 0) is 12.8 Å². The molecule has 1 atom stereocenters. The molecule has 0 fully saturated rings. The van der Waals surface area contributed by atoms with Crippen molar-refractivity contribution in [2.24, 2.45) is 5.84 Å². The largest absolute Gasteiger partial charge is 0.493 e. The van der Waals surface area contributed by atoms with Crippen LogP contribution in [0.15, 0.2) is 29.6 Å². The van der Waals surface area contributed by atoms with Gasteiger partial charge in [-0.25, -0.2) is 5.43 Å². The Labute approximate surface area is 123 Å². The van der Waals surface area contributed by atoms with Crippen LogP contribution in [0.4, 0.5) is 0 Å². The Morgan fingerprint density at radius 2 is 2.30 bits per heavy atom. The second kappa shape index (κ2) is 5.95. The molecule has 0 saturated carbocycles. The van der Waals surface area contributed by atoms with Gasteiger partial charge in [-0.3, -0.25) is 5.84 Å². The molecule has 3 nitrogen and oxygen atoms in total. The summed E-state index contributed by atoms with van der Waals surface area (Å²) in [5.41, 5.74) is 6.78. The number of nitrogens with two attached hydrogens (primary N) is 1. The molecule has 1 aromatic heterocycles. The molecular weight excluding hydrogens is 268 g/mol. The zero-order valence-electron chi connectivity index (χ0n) is 11.7. The van der Waals surface area contributed by atoms with Crippen LogP contribution >= 0.6 is 11.3 Å². The van der Waals surface area contributed by atoms with Gasteiger partial charge in [0.2, 0.25) is 0 Å². The lowest BCUT2D eigenvalue weighted by molar-refractivity contribution is 0.283. The van der Waals surface area contributed by atoms with E-state index in [1.54, 1.807) is 11.3 Å². The van der Waals surface area contributed by atoms with Crippen molar-refractivity contribution in [1.82, 2.24) is 5.43 Å². The standard InChI is InChI=1S/C16H20N2OS/c1-2-11-8-10-20-16(11)14(18-17)13-7-3-5-12-6-4-9-19-15(12)13/h3,5,7-8,10,14,18H,2,4,6,9,17H2,1H3. The highest BCUT2D eigenvalue weighted by atomic mass is 32.1. The topological polar surface area (TPSA) is 47.3 Å². The summed E-state index contributed by atoms with van der Waals surface area (Å²) in [4.78, 5) is 1.29. The maximum atomic E-state index is 5.92. The number of benzene rings is 1. The number of ether oxygens (including phenoxy) is 1. The van der Waals surface area contributed by atoms with Gasteiger partial charge < -0.3 is 4.74 Å². The summed E-state index contributed by atoms with van der Waals surface area (Å²) in [6, 6.07) is 8.57. The van der Waals surface area contributed by atoms with Crippen molar-refractivity contribution in [2.75, 3.05) is 6.61 Å². The smallest absolute Gasteiger partial charge is 0.127 e. The van der Waals surface area contributed by atoms with Gasteiger partial charge in [0.1, 0.15) is 5.75 Å². The van der Waals surface area contributed by atoms with E-state index in [1.807, 2.05) is 0 Å². The average molecular weight is 288 g/mol. The Morgan fingerprint density at radius 3 is 3.10 bits per heavy atom. The summed E-state index contributed by atoms with van der Waals surface area (Å²) in [7, 11) is 0. The van der Waals surface area contributed by atoms with Crippen LogP contribution < -0.4 is 16.0 Å². The highest BCUT2D eigenvalue weighted by Crippen LogP contribution is 2.38. The third-order valence-corrected chi connectivity index (χ3v) is 4.89. The minimum atomic E-state index is 0.0120. The SMILES string of the molecule is CCc1ccsc1C(NN)c1cccc2c1OCCC2. The summed E-state index contributed by atoms with van der Waals surface area (Å²) in [5.74, 6) is 6.88. The van der Waals surface area contributed by atoms with Crippen molar-refractivity contribution in [1.29, 1.82) is 0 Å². The number of para-hydroxylation sites is 1. The maximum Gasteiger partial charge on any atom is 0.127 e. The quantitative estimate of drug-likeness (QED) is 0.671. The third kappa shape index (κ3) is 2.35. The fourth-order valence-electron chi connectivity index (χ4n) is 2.84. The van der Waals surface area contributed by atoms with Gasteiger partial charge in [0.15, 0.2) is 0 Å². The van der Waals surface area contributed by atoms with Crippen molar-refractivity contribution in [3.63, 3.8) is 0 Å². The molecule has 3 N–H and O–H groups in total. The lowest BCUT2D eigenvalue weighted by Crippen LogP contribution is -2.29. The van der Waals surface area contributed by atoms with Crippen molar-refractivity contribution in [3.8, 4) is 5.75 Å². The zero-order valence-corrected chi connectivity index (χ0v) is 12.5. The van der Waals surface area contributed by atoms with Gasteiger partial charge in [-0.1, -0.05) is 25.1 Å². The predicted octanol–water partition coefficient (Wildman–Crippen LogP) is 3.19. The van der Waals surface area contributed by atoms with Gasteiger partial charge in [-0.05, 0) is 41.8 Å². The number of hydrogen-bond donors (Lipinski definition) is 2. The maximum absolute atomic E-state index is 5.92. The van der Waals surface area contributed by atoms with Gasteiger partial charge in [-0.15, -0.1) is 11.3 Å². The van der Waals surface area contributed by atoms with E-state index in [1.165, 1.54) is 16.0 Å². The van der Waals surface area contributed by atoms with Crippen LogP contribution in [0.1, 0.15) is 41.0 Å². The van der Waals surface area contributed by atoms with Crippen LogP contribution in [0.3, 0.4) is 0 Å². The monoisotopic (exact) mass is 288 g/mol. The molecular formula is C16H20N2OS. The van der Waals surface area contributed by atoms with E-state index in [0.717, 1.165) is 37.2 Å². The predicted molar refractivity (Wildman–Crippen MR) is 83.1 cm³/mol. The molecule has 2 aromatic rings. The van der Waals surface area contributed by atoms with E-state index >= 15 is 0 Å². The molecule has 4 heteroatoms. The molecule has 106 valence electrons. The normalized spacial score (nSPS) is 15.5. The first kappa shape index (κ1) is 13.6. The fourth-order valence-corrected chi connectivity index (χ4v) is 3.92. The lowest BCUT2D eigenvalue weighted by Gasteiger charge is -2.25. The van der Waals surface area contributed by atoms with Gasteiger partial charge in [0, 0.05) is 10.4 Å². The van der Waals surface area contributed by atoms with Crippen LogP contribution in [0.25, 0.3) is 0 Å². The van der Waals surface area contributed by atoms with Gasteiger partial charge >= 0.3 is 0 Å².